The van der Waals surface area contributed by atoms with Crippen LogP contribution in [0.1, 0.15) is 35.2 Å². The van der Waals surface area contributed by atoms with E-state index in [1.165, 1.54) is 25.3 Å². The van der Waals surface area contributed by atoms with Crippen molar-refractivity contribution in [3.63, 3.8) is 0 Å². The number of nitro groups is 1. The molecule has 1 aromatic rings. The number of nitrogens with zero attached hydrogens (tertiary/aromatic N) is 1. The number of benzene rings is 1. The van der Waals surface area contributed by atoms with Crippen molar-refractivity contribution in [3.8, 4) is 0 Å². The van der Waals surface area contributed by atoms with Crippen molar-refractivity contribution in [1.82, 2.24) is 0 Å². The summed E-state index contributed by atoms with van der Waals surface area (Å²) >= 11 is 0. The predicted molar refractivity (Wildman–Crippen MR) is 71.3 cm³/mol. The van der Waals surface area contributed by atoms with Crippen molar-refractivity contribution in [2.24, 2.45) is 0 Å². The smallest absolute Gasteiger partial charge is 0.338 e. The summed E-state index contributed by atoms with van der Waals surface area (Å²) in [6.45, 7) is 0. The fourth-order valence-electron chi connectivity index (χ4n) is 2.25. The van der Waals surface area contributed by atoms with Gasteiger partial charge in [-0.25, -0.2) is 4.79 Å². The maximum absolute atomic E-state index is 12.0. The van der Waals surface area contributed by atoms with Crippen molar-refractivity contribution in [3.05, 3.63) is 45.5 Å². The minimum absolute atomic E-state index is 0.0446. The number of rotatable bonds is 3. The van der Waals surface area contributed by atoms with E-state index in [0.29, 0.717) is 12.8 Å². The molecular weight excluding hydrogens is 262 g/mol. The van der Waals surface area contributed by atoms with Gasteiger partial charge in [0.15, 0.2) is 5.78 Å². The second-order valence-corrected chi connectivity index (χ2v) is 4.38. The number of Topliss-reactive ketones (excluding diaryl/α,β-unsaturated/α-hetero) is 1. The maximum Gasteiger partial charge on any atom is 0.338 e. The van der Waals surface area contributed by atoms with Crippen molar-refractivity contribution in [2.75, 3.05) is 7.11 Å². The number of carbonyl (C=O) groups is 2. The third kappa shape index (κ3) is 2.45. The highest BCUT2D eigenvalue weighted by Gasteiger charge is 2.29. The Labute approximate surface area is 115 Å². The molecule has 2 rings (SSSR count). The third-order valence-corrected chi connectivity index (χ3v) is 3.17. The highest BCUT2D eigenvalue weighted by Crippen LogP contribution is 2.33. The lowest BCUT2D eigenvalue weighted by Crippen LogP contribution is -2.13. The molecule has 0 saturated heterocycles. The molecule has 0 unspecified atom stereocenters. The van der Waals surface area contributed by atoms with Crippen LogP contribution >= 0.6 is 0 Å². The molecule has 1 aliphatic rings. The standard InChI is InChI=1S/C14H13NO5/c1-20-14(17)10-6-4-7-11(15(18)19)13(10)9-5-2-3-8-12(9)16/h4-7H,2-3,8H2,1H3. The fraction of sp³-hybridized carbons (Fsp3) is 0.286. The van der Waals surface area contributed by atoms with E-state index in [9.17, 15) is 19.7 Å². The SMILES string of the molecule is COC(=O)c1cccc([N+](=O)[O-])c1C1=CCCCC1=O. The minimum atomic E-state index is -0.692. The van der Waals surface area contributed by atoms with Gasteiger partial charge < -0.3 is 4.74 Å². The fourth-order valence-corrected chi connectivity index (χ4v) is 2.25. The predicted octanol–water partition coefficient (Wildman–Crippen LogP) is 2.52. The molecule has 0 amide bonds. The van der Waals surface area contributed by atoms with E-state index in [0.717, 1.165) is 6.42 Å². The minimum Gasteiger partial charge on any atom is -0.465 e. The first kappa shape index (κ1) is 13.9. The molecule has 0 aliphatic heterocycles. The van der Waals surface area contributed by atoms with E-state index in [4.69, 9.17) is 0 Å². The van der Waals surface area contributed by atoms with Gasteiger partial charge in [0.1, 0.15) is 0 Å². The highest BCUT2D eigenvalue weighted by atomic mass is 16.6. The van der Waals surface area contributed by atoms with E-state index in [1.54, 1.807) is 6.08 Å². The lowest BCUT2D eigenvalue weighted by atomic mass is 9.88. The van der Waals surface area contributed by atoms with Gasteiger partial charge in [-0.15, -0.1) is 0 Å². The van der Waals surface area contributed by atoms with Gasteiger partial charge in [0.05, 0.1) is 23.2 Å². The second-order valence-electron chi connectivity index (χ2n) is 4.38. The molecule has 20 heavy (non-hydrogen) atoms. The number of carbonyl (C=O) groups excluding carboxylic acids is 2. The molecule has 6 heteroatoms. The number of nitro benzene ring substituents is 1. The molecule has 0 atom stereocenters. The summed E-state index contributed by atoms with van der Waals surface area (Å²) in [6, 6.07) is 4.11. The Morgan fingerprint density at radius 2 is 2.15 bits per heavy atom. The number of methoxy groups -OCH3 is 1. The lowest BCUT2D eigenvalue weighted by Gasteiger charge is -2.14. The van der Waals surface area contributed by atoms with E-state index in [-0.39, 0.29) is 28.2 Å². The molecule has 1 aliphatic carbocycles. The number of hydrogen-bond acceptors (Lipinski definition) is 5. The highest BCUT2D eigenvalue weighted by molar-refractivity contribution is 6.24. The maximum atomic E-state index is 12.0. The van der Waals surface area contributed by atoms with Crippen LogP contribution in [-0.4, -0.2) is 23.8 Å². The van der Waals surface area contributed by atoms with Crippen molar-refractivity contribution < 1.29 is 19.2 Å². The quantitative estimate of drug-likeness (QED) is 0.480. The average Bonchev–Trinajstić information content (AvgIpc) is 2.46. The van der Waals surface area contributed by atoms with Gasteiger partial charge in [0.2, 0.25) is 0 Å². The van der Waals surface area contributed by atoms with Gasteiger partial charge in [0.25, 0.3) is 5.69 Å². The van der Waals surface area contributed by atoms with E-state index in [1.807, 2.05) is 0 Å². The summed E-state index contributed by atoms with van der Waals surface area (Å²) in [4.78, 5) is 34.3. The largest absolute Gasteiger partial charge is 0.465 e. The number of esters is 1. The van der Waals surface area contributed by atoms with Crippen molar-refractivity contribution in [1.29, 1.82) is 0 Å². The summed E-state index contributed by atoms with van der Waals surface area (Å²) in [6.07, 6.45) is 3.36. The molecule has 104 valence electrons. The topological polar surface area (TPSA) is 86.5 Å². The van der Waals surface area contributed by atoms with Crippen LogP contribution in [0, 0.1) is 10.1 Å². The van der Waals surface area contributed by atoms with Crippen LogP contribution in [0.25, 0.3) is 5.57 Å². The molecule has 0 saturated carbocycles. The monoisotopic (exact) mass is 275 g/mol. The zero-order valence-electron chi connectivity index (χ0n) is 10.9. The Morgan fingerprint density at radius 1 is 1.40 bits per heavy atom. The second kappa shape index (κ2) is 5.64. The molecule has 1 aromatic carbocycles. The normalized spacial score (nSPS) is 14.7. The number of hydrogen-bond donors (Lipinski definition) is 0. The first-order valence-electron chi connectivity index (χ1n) is 6.15. The third-order valence-electron chi connectivity index (χ3n) is 3.17. The molecule has 0 heterocycles. The summed E-state index contributed by atoms with van der Waals surface area (Å²) < 4.78 is 4.64. The Kier molecular flexibility index (Phi) is 3.93. The van der Waals surface area contributed by atoms with Gasteiger partial charge in [-0.05, 0) is 18.9 Å². The zero-order chi connectivity index (χ0) is 14.7. The van der Waals surface area contributed by atoms with Gasteiger partial charge in [-0.2, -0.15) is 0 Å². The van der Waals surface area contributed by atoms with Gasteiger partial charge in [0, 0.05) is 18.1 Å². The van der Waals surface area contributed by atoms with E-state index < -0.39 is 10.9 Å². The molecular formula is C14H13NO5. The van der Waals surface area contributed by atoms with Gasteiger partial charge in [-0.1, -0.05) is 12.1 Å². The molecule has 0 N–H and O–H groups in total. The summed E-state index contributed by atoms with van der Waals surface area (Å²) in [5, 5.41) is 11.1. The molecule has 6 nitrogen and oxygen atoms in total. The first-order valence-corrected chi connectivity index (χ1v) is 6.15. The Balaban J connectivity index is 2.70. The van der Waals surface area contributed by atoms with Crippen LogP contribution in [0.15, 0.2) is 24.3 Å². The van der Waals surface area contributed by atoms with Crippen molar-refractivity contribution >= 4 is 23.0 Å². The Bertz CT molecular complexity index is 618. The molecule has 0 radical (unpaired) electrons. The summed E-state index contributed by atoms with van der Waals surface area (Å²) in [7, 11) is 1.20. The zero-order valence-corrected chi connectivity index (χ0v) is 10.9. The van der Waals surface area contributed by atoms with Gasteiger partial charge in [-0.3, -0.25) is 14.9 Å². The van der Waals surface area contributed by atoms with Crippen LogP contribution in [0.3, 0.4) is 0 Å². The van der Waals surface area contributed by atoms with Crippen LogP contribution in [-0.2, 0) is 9.53 Å². The molecule has 0 bridgehead atoms. The molecule has 0 spiro atoms. The van der Waals surface area contributed by atoms with Crippen LogP contribution in [0.2, 0.25) is 0 Å². The first-order chi connectivity index (χ1) is 9.56. The molecule has 0 aromatic heterocycles. The number of ether oxygens (including phenoxy) is 1. The van der Waals surface area contributed by atoms with E-state index >= 15 is 0 Å². The van der Waals surface area contributed by atoms with Crippen LogP contribution in [0.5, 0.6) is 0 Å². The lowest BCUT2D eigenvalue weighted by molar-refractivity contribution is -0.385. The van der Waals surface area contributed by atoms with E-state index in [2.05, 4.69) is 4.74 Å². The van der Waals surface area contributed by atoms with Crippen LogP contribution in [0.4, 0.5) is 5.69 Å². The Morgan fingerprint density at radius 3 is 2.75 bits per heavy atom. The van der Waals surface area contributed by atoms with Gasteiger partial charge >= 0.3 is 5.97 Å². The van der Waals surface area contributed by atoms with Crippen molar-refractivity contribution in [2.45, 2.75) is 19.3 Å². The number of ketones is 1. The summed E-state index contributed by atoms with van der Waals surface area (Å²) in [5.74, 6) is -0.876. The Hall–Kier alpha value is -2.50. The molecule has 0 fully saturated rings. The van der Waals surface area contributed by atoms with Crippen LogP contribution < -0.4 is 0 Å². The summed E-state index contributed by atoms with van der Waals surface area (Å²) in [5.41, 5.74) is 0.0931. The average molecular weight is 275 g/mol. The number of allylic oxidation sites excluding steroid dienone is 2.